The van der Waals surface area contributed by atoms with Gasteiger partial charge in [0.1, 0.15) is 0 Å². The van der Waals surface area contributed by atoms with E-state index in [1.165, 1.54) is 29.0 Å². The molecule has 0 bridgehead atoms. The van der Waals surface area contributed by atoms with E-state index in [-0.39, 0.29) is 11.6 Å². The van der Waals surface area contributed by atoms with E-state index in [2.05, 4.69) is 22.4 Å². The number of nitro groups is 1. The maximum atomic E-state index is 12.5. The molecule has 3 aromatic carbocycles. The number of amides is 1. The Hall–Kier alpha value is -3.58. The molecule has 0 spiro atoms. The predicted molar refractivity (Wildman–Crippen MR) is 110 cm³/mol. The van der Waals surface area contributed by atoms with Crippen molar-refractivity contribution in [3.63, 3.8) is 0 Å². The number of aromatic nitrogens is 1. The summed E-state index contributed by atoms with van der Waals surface area (Å²) >= 11 is 1.21. The lowest BCUT2D eigenvalue weighted by Gasteiger charge is -2.04. The molecule has 0 saturated carbocycles. The minimum Gasteiger partial charge on any atom is -0.298 e. The number of non-ortho nitro benzene ring substituents is 1. The maximum absolute atomic E-state index is 12.5. The van der Waals surface area contributed by atoms with Crippen LogP contribution >= 0.6 is 11.3 Å². The summed E-state index contributed by atoms with van der Waals surface area (Å²) in [6.07, 6.45) is 0.805. The minimum absolute atomic E-state index is 0.00281. The lowest BCUT2D eigenvalue weighted by Crippen LogP contribution is -2.11. The normalized spacial score (nSPS) is 10.7. The predicted octanol–water partition coefficient (Wildman–Crippen LogP) is 5.05. The number of nitro benzene ring substituents is 1. The third-order valence-electron chi connectivity index (χ3n) is 4.27. The molecule has 1 aromatic heterocycles. The van der Waals surface area contributed by atoms with Crippen molar-refractivity contribution in [1.82, 2.24) is 4.98 Å². The molecule has 1 heterocycles. The summed E-state index contributed by atoms with van der Waals surface area (Å²) in [5.41, 5.74) is 3.48. The van der Waals surface area contributed by atoms with E-state index in [0.717, 1.165) is 12.0 Å². The highest BCUT2D eigenvalue weighted by Crippen LogP contribution is 2.29. The molecule has 0 unspecified atom stereocenters. The van der Waals surface area contributed by atoms with Crippen LogP contribution in [0.3, 0.4) is 0 Å². The average molecular weight is 389 g/mol. The molecule has 4 aromatic rings. The van der Waals surface area contributed by atoms with Crippen molar-refractivity contribution in [1.29, 1.82) is 0 Å². The van der Waals surface area contributed by atoms with E-state index >= 15 is 0 Å². The zero-order chi connectivity index (χ0) is 19.5. The summed E-state index contributed by atoms with van der Waals surface area (Å²) in [5, 5.41) is 14.1. The first-order chi connectivity index (χ1) is 13.6. The number of benzene rings is 3. The van der Waals surface area contributed by atoms with Gasteiger partial charge in [-0.1, -0.05) is 53.8 Å². The number of fused-ring (bicyclic) bond motifs is 1. The zero-order valence-electron chi connectivity index (χ0n) is 14.7. The second-order valence-corrected chi connectivity index (χ2v) is 7.27. The fraction of sp³-hybridized carbons (Fsp3) is 0.0476. The van der Waals surface area contributed by atoms with Gasteiger partial charge in [-0.3, -0.25) is 20.2 Å². The van der Waals surface area contributed by atoms with Gasteiger partial charge in [-0.15, -0.1) is 0 Å². The fourth-order valence-electron chi connectivity index (χ4n) is 2.86. The highest BCUT2D eigenvalue weighted by atomic mass is 32.1. The number of nitrogens with zero attached hydrogens (tertiary/aromatic N) is 2. The lowest BCUT2D eigenvalue weighted by molar-refractivity contribution is -0.384. The van der Waals surface area contributed by atoms with Crippen LogP contribution < -0.4 is 5.32 Å². The Bertz CT molecular complexity index is 1150. The van der Waals surface area contributed by atoms with Crippen molar-refractivity contribution in [2.75, 3.05) is 5.32 Å². The van der Waals surface area contributed by atoms with E-state index in [1.807, 2.05) is 30.3 Å². The molecule has 0 aliphatic rings. The zero-order valence-corrected chi connectivity index (χ0v) is 15.5. The monoisotopic (exact) mass is 389 g/mol. The highest BCUT2D eigenvalue weighted by molar-refractivity contribution is 7.22. The summed E-state index contributed by atoms with van der Waals surface area (Å²) in [6.45, 7) is 0. The Balaban J connectivity index is 1.47. The van der Waals surface area contributed by atoms with Crippen LogP contribution in [-0.2, 0) is 6.42 Å². The number of thiazole rings is 1. The van der Waals surface area contributed by atoms with Gasteiger partial charge < -0.3 is 0 Å². The van der Waals surface area contributed by atoms with E-state index < -0.39 is 4.92 Å². The molecule has 0 atom stereocenters. The number of carbonyl (C=O) groups excluding carboxylic acids is 1. The summed E-state index contributed by atoms with van der Waals surface area (Å²) in [7, 11) is 0. The van der Waals surface area contributed by atoms with Gasteiger partial charge in [-0.05, 0) is 35.7 Å². The Kier molecular flexibility index (Phi) is 4.82. The SMILES string of the molecule is O=C(Nc1nc2ccc([N+](=O)[O-])cc2s1)c1ccc(Cc2ccccc2)cc1. The van der Waals surface area contributed by atoms with Crippen molar-refractivity contribution in [3.8, 4) is 0 Å². The van der Waals surface area contributed by atoms with Gasteiger partial charge in [0.25, 0.3) is 11.6 Å². The lowest BCUT2D eigenvalue weighted by atomic mass is 10.0. The van der Waals surface area contributed by atoms with Crippen LogP contribution in [0.1, 0.15) is 21.5 Å². The molecule has 1 amide bonds. The van der Waals surface area contributed by atoms with Crippen LogP contribution in [0.15, 0.2) is 72.8 Å². The van der Waals surface area contributed by atoms with Gasteiger partial charge in [0.2, 0.25) is 0 Å². The first-order valence-corrected chi connectivity index (χ1v) is 9.39. The Morgan fingerprint density at radius 1 is 1.00 bits per heavy atom. The first kappa shape index (κ1) is 17.8. The average Bonchev–Trinajstić information content (AvgIpc) is 3.10. The molecular formula is C21H15N3O3S. The third-order valence-corrected chi connectivity index (χ3v) is 5.20. The Labute approximate surface area is 164 Å². The Morgan fingerprint density at radius 3 is 2.43 bits per heavy atom. The van der Waals surface area contributed by atoms with Crippen LogP contribution in [0.2, 0.25) is 0 Å². The summed E-state index contributed by atoms with van der Waals surface area (Å²) in [5.74, 6) is -0.264. The van der Waals surface area contributed by atoms with Gasteiger partial charge >= 0.3 is 0 Å². The fourth-order valence-corrected chi connectivity index (χ4v) is 3.75. The van der Waals surface area contributed by atoms with Crippen molar-refractivity contribution < 1.29 is 9.72 Å². The first-order valence-electron chi connectivity index (χ1n) is 8.58. The van der Waals surface area contributed by atoms with Gasteiger partial charge in [0.15, 0.2) is 5.13 Å². The molecule has 0 aliphatic carbocycles. The van der Waals surface area contributed by atoms with Crippen LogP contribution in [-0.4, -0.2) is 15.8 Å². The standard InChI is InChI=1S/C21H15N3O3S/c25-20(16-8-6-15(7-9-16)12-14-4-2-1-3-5-14)23-21-22-18-11-10-17(24(26)27)13-19(18)28-21/h1-11,13H,12H2,(H,22,23,25). The second kappa shape index (κ2) is 7.58. The second-order valence-electron chi connectivity index (χ2n) is 6.24. The smallest absolute Gasteiger partial charge is 0.270 e. The van der Waals surface area contributed by atoms with Gasteiger partial charge in [0.05, 0.1) is 15.1 Å². The molecular weight excluding hydrogens is 374 g/mol. The molecule has 0 aliphatic heterocycles. The number of rotatable bonds is 5. The molecule has 7 heteroatoms. The molecule has 0 radical (unpaired) electrons. The van der Waals surface area contributed by atoms with E-state index in [1.54, 1.807) is 18.2 Å². The molecule has 6 nitrogen and oxygen atoms in total. The quantitative estimate of drug-likeness (QED) is 0.382. The molecule has 4 rings (SSSR count). The van der Waals surface area contributed by atoms with Crippen LogP contribution in [0, 0.1) is 10.1 Å². The van der Waals surface area contributed by atoms with E-state index in [4.69, 9.17) is 0 Å². The molecule has 138 valence electrons. The minimum atomic E-state index is -0.450. The molecule has 28 heavy (non-hydrogen) atoms. The highest BCUT2D eigenvalue weighted by Gasteiger charge is 2.13. The van der Waals surface area contributed by atoms with Crippen molar-refractivity contribution >= 4 is 38.3 Å². The molecule has 0 fully saturated rings. The number of nitrogens with one attached hydrogen (secondary N) is 1. The topological polar surface area (TPSA) is 85.1 Å². The molecule has 1 N–H and O–H groups in total. The van der Waals surface area contributed by atoms with Crippen molar-refractivity contribution in [3.05, 3.63) is 99.6 Å². The van der Waals surface area contributed by atoms with E-state index in [0.29, 0.717) is 20.9 Å². The van der Waals surface area contributed by atoms with Crippen molar-refractivity contribution in [2.24, 2.45) is 0 Å². The summed E-state index contributed by atoms with van der Waals surface area (Å²) in [4.78, 5) is 27.2. The van der Waals surface area contributed by atoms with Gasteiger partial charge in [-0.25, -0.2) is 4.98 Å². The van der Waals surface area contributed by atoms with Crippen LogP contribution in [0.25, 0.3) is 10.2 Å². The number of hydrogen-bond acceptors (Lipinski definition) is 5. The van der Waals surface area contributed by atoms with Gasteiger partial charge in [0, 0.05) is 17.7 Å². The third kappa shape index (κ3) is 3.89. The Morgan fingerprint density at radius 2 is 1.71 bits per heavy atom. The van der Waals surface area contributed by atoms with Crippen LogP contribution in [0.4, 0.5) is 10.8 Å². The van der Waals surface area contributed by atoms with Gasteiger partial charge in [-0.2, -0.15) is 0 Å². The van der Waals surface area contributed by atoms with Crippen molar-refractivity contribution in [2.45, 2.75) is 6.42 Å². The summed E-state index contributed by atoms with van der Waals surface area (Å²) < 4.78 is 0.655. The number of hydrogen-bond donors (Lipinski definition) is 1. The maximum Gasteiger partial charge on any atom is 0.270 e. The summed E-state index contributed by atoms with van der Waals surface area (Å²) in [6, 6.07) is 22.0. The number of anilines is 1. The number of carbonyl (C=O) groups is 1. The molecule has 0 saturated heterocycles. The van der Waals surface area contributed by atoms with E-state index in [9.17, 15) is 14.9 Å². The van der Waals surface area contributed by atoms with Crippen LogP contribution in [0.5, 0.6) is 0 Å². The largest absolute Gasteiger partial charge is 0.298 e.